The van der Waals surface area contributed by atoms with E-state index in [2.05, 4.69) is 10.8 Å². The maximum atomic E-state index is 10.9. The first kappa shape index (κ1) is 11.1. The number of carboxylic acid groups (broad SMARTS) is 1. The van der Waals surface area contributed by atoms with E-state index in [1.807, 2.05) is 6.92 Å². The van der Waals surface area contributed by atoms with E-state index in [0.717, 1.165) is 38.9 Å². The summed E-state index contributed by atoms with van der Waals surface area (Å²) in [5, 5.41) is 9.01. The van der Waals surface area contributed by atoms with Gasteiger partial charge in [-0.3, -0.25) is 4.79 Å². The van der Waals surface area contributed by atoms with Crippen LogP contribution in [0, 0.1) is 17.8 Å². The smallest absolute Gasteiger partial charge is 0.309 e. The molecule has 0 aromatic carbocycles. The fraction of sp³-hybridized carbons (Fsp3) is 0.727. The summed E-state index contributed by atoms with van der Waals surface area (Å²) in [5.74, 6) is 1.93. The van der Waals surface area contributed by atoms with Crippen molar-refractivity contribution < 1.29 is 9.90 Å². The Hall–Kier alpha value is -1.01. The number of hydrogen-bond acceptors (Lipinski definition) is 2. The van der Waals surface area contributed by atoms with Gasteiger partial charge in [-0.15, -0.1) is 12.3 Å². The van der Waals surface area contributed by atoms with E-state index in [1.54, 1.807) is 0 Å². The van der Waals surface area contributed by atoms with Crippen molar-refractivity contribution >= 4 is 5.97 Å². The van der Waals surface area contributed by atoms with Crippen LogP contribution in [0.15, 0.2) is 0 Å². The molecular weight excluding hydrogens is 178 g/mol. The van der Waals surface area contributed by atoms with E-state index < -0.39 is 11.4 Å². The van der Waals surface area contributed by atoms with Crippen LogP contribution in [-0.4, -0.2) is 35.6 Å². The predicted molar refractivity (Wildman–Crippen MR) is 54.9 cm³/mol. The highest BCUT2D eigenvalue weighted by Gasteiger charge is 2.36. The van der Waals surface area contributed by atoms with Crippen molar-refractivity contribution in [3.8, 4) is 12.3 Å². The molecule has 0 bridgehead atoms. The summed E-state index contributed by atoms with van der Waals surface area (Å²) in [4.78, 5) is 13.2. The lowest BCUT2D eigenvalue weighted by Gasteiger charge is -2.36. The van der Waals surface area contributed by atoms with Crippen LogP contribution in [0.5, 0.6) is 0 Å². The van der Waals surface area contributed by atoms with Crippen molar-refractivity contribution in [2.45, 2.75) is 26.2 Å². The Kier molecular flexibility index (Phi) is 3.54. The predicted octanol–water partition coefficient (Wildman–Crippen LogP) is 1.20. The molecule has 1 aliphatic rings. The molecule has 1 N–H and O–H groups in total. The van der Waals surface area contributed by atoms with Crippen LogP contribution in [0.25, 0.3) is 0 Å². The molecule has 0 amide bonds. The van der Waals surface area contributed by atoms with E-state index in [1.165, 1.54) is 0 Å². The highest BCUT2D eigenvalue weighted by Crippen LogP contribution is 2.30. The van der Waals surface area contributed by atoms with Gasteiger partial charge in [-0.25, -0.2) is 0 Å². The standard InChI is InChI=1S/C11H17NO2/c1-3-4-7-12-8-5-11(2,6-9-12)10(13)14/h1H,4-9H2,2H3,(H,13,14). The first-order valence-corrected chi connectivity index (χ1v) is 4.98. The number of likely N-dealkylation sites (tertiary alicyclic amines) is 1. The fourth-order valence-corrected chi connectivity index (χ4v) is 1.71. The minimum atomic E-state index is -0.672. The summed E-state index contributed by atoms with van der Waals surface area (Å²) >= 11 is 0. The van der Waals surface area contributed by atoms with Crippen molar-refractivity contribution in [3.63, 3.8) is 0 Å². The Labute approximate surface area is 85.1 Å². The molecule has 78 valence electrons. The first-order valence-electron chi connectivity index (χ1n) is 4.98. The zero-order valence-corrected chi connectivity index (χ0v) is 8.62. The lowest BCUT2D eigenvalue weighted by atomic mass is 9.80. The van der Waals surface area contributed by atoms with Crippen LogP contribution < -0.4 is 0 Å². The molecule has 1 fully saturated rings. The van der Waals surface area contributed by atoms with Crippen LogP contribution in [0.2, 0.25) is 0 Å². The van der Waals surface area contributed by atoms with Crippen molar-refractivity contribution in [1.82, 2.24) is 4.90 Å². The molecule has 1 saturated heterocycles. The van der Waals surface area contributed by atoms with Gasteiger partial charge >= 0.3 is 5.97 Å². The quantitative estimate of drug-likeness (QED) is 0.688. The number of terminal acetylenes is 1. The molecular formula is C11H17NO2. The second-order valence-corrected chi connectivity index (χ2v) is 4.16. The Bertz CT molecular complexity index is 247. The number of nitrogens with zero attached hydrogens (tertiary/aromatic N) is 1. The molecule has 1 rings (SSSR count). The zero-order valence-electron chi connectivity index (χ0n) is 8.62. The van der Waals surface area contributed by atoms with Crippen LogP contribution in [0.1, 0.15) is 26.2 Å². The van der Waals surface area contributed by atoms with Gasteiger partial charge in [0.25, 0.3) is 0 Å². The minimum Gasteiger partial charge on any atom is -0.481 e. The summed E-state index contributed by atoms with van der Waals surface area (Å²) in [6.45, 7) is 4.43. The number of carbonyl (C=O) groups is 1. The Morgan fingerprint density at radius 2 is 2.14 bits per heavy atom. The molecule has 0 aromatic rings. The molecule has 0 saturated carbocycles. The van der Waals surface area contributed by atoms with Crippen molar-refractivity contribution in [1.29, 1.82) is 0 Å². The molecule has 3 heteroatoms. The van der Waals surface area contributed by atoms with E-state index in [-0.39, 0.29) is 0 Å². The maximum absolute atomic E-state index is 10.9. The van der Waals surface area contributed by atoms with Crippen LogP contribution in [0.4, 0.5) is 0 Å². The highest BCUT2D eigenvalue weighted by molar-refractivity contribution is 5.74. The average Bonchev–Trinajstić information content (AvgIpc) is 2.17. The maximum Gasteiger partial charge on any atom is 0.309 e. The van der Waals surface area contributed by atoms with Crippen molar-refractivity contribution in [2.75, 3.05) is 19.6 Å². The Morgan fingerprint density at radius 3 is 2.57 bits per heavy atom. The van der Waals surface area contributed by atoms with Crippen molar-refractivity contribution in [3.05, 3.63) is 0 Å². The normalized spacial score (nSPS) is 21.4. The van der Waals surface area contributed by atoms with Crippen LogP contribution in [-0.2, 0) is 4.79 Å². The Balaban J connectivity index is 2.38. The molecule has 0 spiro atoms. The van der Waals surface area contributed by atoms with Gasteiger partial charge < -0.3 is 10.0 Å². The summed E-state index contributed by atoms with van der Waals surface area (Å²) in [7, 11) is 0. The van der Waals surface area contributed by atoms with Gasteiger partial charge in [0.1, 0.15) is 0 Å². The molecule has 0 atom stereocenters. The molecule has 0 radical (unpaired) electrons. The topological polar surface area (TPSA) is 40.5 Å². The third kappa shape index (κ3) is 2.49. The van der Waals surface area contributed by atoms with E-state index in [0.29, 0.717) is 0 Å². The minimum absolute atomic E-state index is 0.521. The lowest BCUT2D eigenvalue weighted by molar-refractivity contribution is -0.150. The SMILES string of the molecule is C#CCCN1CCC(C)(C(=O)O)CC1. The van der Waals surface area contributed by atoms with Gasteiger partial charge in [0.2, 0.25) is 0 Å². The van der Waals surface area contributed by atoms with Gasteiger partial charge in [-0.1, -0.05) is 0 Å². The molecule has 14 heavy (non-hydrogen) atoms. The second kappa shape index (κ2) is 4.47. The fourth-order valence-electron chi connectivity index (χ4n) is 1.71. The first-order chi connectivity index (χ1) is 6.58. The second-order valence-electron chi connectivity index (χ2n) is 4.16. The third-order valence-electron chi connectivity index (χ3n) is 3.05. The van der Waals surface area contributed by atoms with E-state index in [9.17, 15) is 4.79 Å². The Morgan fingerprint density at radius 1 is 1.57 bits per heavy atom. The monoisotopic (exact) mass is 195 g/mol. The summed E-state index contributed by atoms with van der Waals surface area (Å²) in [6, 6.07) is 0. The molecule has 1 aliphatic heterocycles. The number of piperidine rings is 1. The molecule has 0 unspecified atom stereocenters. The highest BCUT2D eigenvalue weighted by atomic mass is 16.4. The number of rotatable bonds is 3. The third-order valence-corrected chi connectivity index (χ3v) is 3.05. The molecule has 0 aromatic heterocycles. The van der Waals surface area contributed by atoms with Gasteiger partial charge in [-0.05, 0) is 32.9 Å². The van der Waals surface area contributed by atoms with E-state index in [4.69, 9.17) is 11.5 Å². The number of aliphatic carboxylic acids is 1. The van der Waals surface area contributed by atoms with Crippen LogP contribution in [0.3, 0.4) is 0 Å². The van der Waals surface area contributed by atoms with Gasteiger partial charge in [-0.2, -0.15) is 0 Å². The summed E-state index contributed by atoms with van der Waals surface area (Å²) in [5.41, 5.74) is -0.521. The molecule has 0 aliphatic carbocycles. The largest absolute Gasteiger partial charge is 0.481 e. The molecule has 3 nitrogen and oxygen atoms in total. The number of hydrogen-bond donors (Lipinski definition) is 1. The van der Waals surface area contributed by atoms with Crippen LogP contribution >= 0.6 is 0 Å². The summed E-state index contributed by atoms with van der Waals surface area (Å²) < 4.78 is 0. The lowest BCUT2D eigenvalue weighted by Crippen LogP contribution is -2.42. The molecule has 1 heterocycles. The zero-order chi connectivity index (χ0) is 10.6. The number of carboxylic acids is 1. The van der Waals surface area contributed by atoms with E-state index >= 15 is 0 Å². The van der Waals surface area contributed by atoms with Gasteiger partial charge in [0, 0.05) is 13.0 Å². The van der Waals surface area contributed by atoms with Crippen molar-refractivity contribution in [2.24, 2.45) is 5.41 Å². The average molecular weight is 195 g/mol. The van der Waals surface area contributed by atoms with Gasteiger partial charge in [0.15, 0.2) is 0 Å². The van der Waals surface area contributed by atoms with Gasteiger partial charge in [0.05, 0.1) is 5.41 Å². The summed E-state index contributed by atoms with van der Waals surface area (Å²) in [6.07, 6.45) is 7.39.